The lowest BCUT2D eigenvalue weighted by molar-refractivity contribution is 0.0526. The van der Waals surface area contributed by atoms with Crippen molar-refractivity contribution in [3.63, 3.8) is 0 Å². The molecule has 0 aliphatic rings. The highest BCUT2D eigenvalue weighted by Gasteiger charge is 2.07. The summed E-state index contributed by atoms with van der Waals surface area (Å²) in [5.41, 5.74) is 5.71. The van der Waals surface area contributed by atoms with Gasteiger partial charge in [-0.2, -0.15) is 0 Å². The molecule has 6 heteroatoms. The van der Waals surface area contributed by atoms with E-state index >= 15 is 0 Å². The Hall–Kier alpha value is -2.89. The maximum atomic E-state index is 11.5. The van der Waals surface area contributed by atoms with E-state index in [9.17, 15) is 9.59 Å². The molecule has 0 bridgehead atoms. The van der Waals surface area contributed by atoms with Crippen LogP contribution in [0.15, 0.2) is 42.6 Å². The largest absolute Gasteiger partial charge is 0.462 e. The van der Waals surface area contributed by atoms with Crippen LogP contribution in [0.25, 0.3) is 0 Å². The third kappa shape index (κ3) is 3.79. The number of carbonyl (C=O) groups is 2. The van der Waals surface area contributed by atoms with Crippen molar-refractivity contribution in [1.82, 2.24) is 4.98 Å². The van der Waals surface area contributed by atoms with Gasteiger partial charge < -0.3 is 15.2 Å². The summed E-state index contributed by atoms with van der Waals surface area (Å²) in [7, 11) is 0. The Morgan fingerprint density at radius 3 is 2.48 bits per heavy atom. The van der Waals surface area contributed by atoms with Crippen molar-refractivity contribution >= 4 is 11.9 Å². The molecule has 0 radical (unpaired) electrons. The molecule has 0 unspecified atom stereocenters. The Labute approximate surface area is 121 Å². The van der Waals surface area contributed by atoms with E-state index < -0.39 is 5.91 Å². The van der Waals surface area contributed by atoms with Gasteiger partial charge in [0.05, 0.1) is 12.2 Å². The van der Waals surface area contributed by atoms with Crippen LogP contribution in [0, 0.1) is 0 Å². The van der Waals surface area contributed by atoms with Crippen LogP contribution >= 0.6 is 0 Å². The van der Waals surface area contributed by atoms with Crippen molar-refractivity contribution in [3.05, 3.63) is 53.9 Å². The summed E-state index contributed by atoms with van der Waals surface area (Å²) < 4.78 is 10.5. The second kappa shape index (κ2) is 6.51. The summed E-state index contributed by atoms with van der Waals surface area (Å²) in [6, 6.07) is 9.52. The first-order valence-electron chi connectivity index (χ1n) is 6.31. The number of benzene rings is 1. The normalized spacial score (nSPS) is 9.95. The van der Waals surface area contributed by atoms with Gasteiger partial charge in [0.1, 0.15) is 17.2 Å². The van der Waals surface area contributed by atoms with Gasteiger partial charge in [0.15, 0.2) is 0 Å². The standard InChI is InChI=1S/C15H14N2O4/c1-2-20-15(19)10-3-5-11(6-4-10)21-12-7-8-17-13(9-12)14(16)18/h3-9H,2H2,1H3,(H2,16,18). The summed E-state index contributed by atoms with van der Waals surface area (Å²) >= 11 is 0. The lowest BCUT2D eigenvalue weighted by Crippen LogP contribution is -2.12. The minimum atomic E-state index is -0.627. The Morgan fingerprint density at radius 2 is 1.86 bits per heavy atom. The number of esters is 1. The van der Waals surface area contributed by atoms with E-state index in [1.807, 2.05) is 0 Å². The van der Waals surface area contributed by atoms with E-state index in [2.05, 4.69) is 4.98 Å². The van der Waals surface area contributed by atoms with Gasteiger partial charge in [-0.1, -0.05) is 0 Å². The molecule has 1 aromatic heterocycles. The van der Waals surface area contributed by atoms with E-state index in [4.69, 9.17) is 15.2 Å². The first kappa shape index (κ1) is 14.5. The number of primary amides is 1. The molecule has 0 atom stereocenters. The Morgan fingerprint density at radius 1 is 1.14 bits per heavy atom. The van der Waals surface area contributed by atoms with E-state index in [0.717, 1.165) is 0 Å². The third-order valence-electron chi connectivity index (χ3n) is 2.59. The van der Waals surface area contributed by atoms with Crippen LogP contribution in [0.3, 0.4) is 0 Å². The molecule has 1 heterocycles. The molecular weight excluding hydrogens is 272 g/mol. The number of ether oxygens (including phenoxy) is 2. The predicted octanol–water partition coefficient (Wildman–Crippen LogP) is 2.15. The Bertz CT molecular complexity index is 653. The van der Waals surface area contributed by atoms with Gasteiger partial charge in [-0.05, 0) is 37.3 Å². The fourth-order valence-corrected chi connectivity index (χ4v) is 1.62. The topological polar surface area (TPSA) is 91.5 Å². The zero-order chi connectivity index (χ0) is 15.2. The zero-order valence-electron chi connectivity index (χ0n) is 11.4. The van der Waals surface area contributed by atoms with Crippen molar-refractivity contribution in [1.29, 1.82) is 0 Å². The quantitative estimate of drug-likeness (QED) is 0.850. The fraction of sp³-hybridized carbons (Fsp3) is 0.133. The van der Waals surface area contributed by atoms with Crippen LogP contribution in [0.5, 0.6) is 11.5 Å². The number of rotatable bonds is 5. The Balaban J connectivity index is 2.11. The minimum Gasteiger partial charge on any atom is -0.462 e. The van der Waals surface area contributed by atoms with Crippen molar-refractivity contribution in [3.8, 4) is 11.5 Å². The molecule has 2 rings (SSSR count). The highest BCUT2D eigenvalue weighted by molar-refractivity contribution is 5.91. The number of nitrogens with zero attached hydrogens (tertiary/aromatic N) is 1. The smallest absolute Gasteiger partial charge is 0.338 e. The van der Waals surface area contributed by atoms with Crippen molar-refractivity contribution in [2.45, 2.75) is 6.92 Å². The lowest BCUT2D eigenvalue weighted by atomic mass is 10.2. The molecule has 2 N–H and O–H groups in total. The first-order chi connectivity index (χ1) is 10.1. The molecule has 0 saturated heterocycles. The highest BCUT2D eigenvalue weighted by Crippen LogP contribution is 2.22. The highest BCUT2D eigenvalue weighted by atomic mass is 16.5. The van der Waals surface area contributed by atoms with Crippen LogP contribution < -0.4 is 10.5 Å². The van der Waals surface area contributed by atoms with Gasteiger partial charge in [0, 0.05) is 12.3 Å². The van der Waals surface area contributed by atoms with Gasteiger partial charge >= 0.3 is 5.97 Å². The summed E-state index contributed by atoms with van der Waals surface area (Å²) in [6.45, 7) is 2.07. The number of nitrogens with two attached hydrogens (primary N) is 1. The maximum absolute atomic E-state index is 11.5. The summed E-state index contributed by atoms with van der Waals surface area (Å²) in [5, 5.41) is 0. The third-order valence-corrected chi connectivity index (χ3v) is 2.59. The van der Waals surface area contributed by atoms with Crippen molar-refractivity contribution in [2.75, 3.05) is 6.61 Å². The van der Waals surface area contributed by atoms with Crippen molar-refractivity contribution < 1.29 is 19.1 Å². The molecule has 0 fully saturated rings. The second-order valence-electron chi connectivity index (χ2n) is 4.09. The molecule has 21 heavy (non-hydrogen) atoms. The van der Waals surface area contributed by atoms with Gasteiger partial charge in [-0.15, -0.1) is 0 Å². The maximum Gasteiger partial charge on any atom is 0.338 e. The van der Waals surface area contributed by atoms with Gasteiger partial charge in [0.2, 0.25) is 0 Å². The van der Waals surface area contributed by atoms with Crippen LogP contribution in [0.4, 0.5) is 0 Å². The number of carbonyl (C=O) groups excluding carboxylic acids is 2. The van der Waals surface area contributed by atoms with Gasteiger partial charge in [-0.3, -0.25) is 9.78 Å². The molecule has 108 valence electrons. The summed E-state index contributed by atoms with van der Waals surface area (Å²) in [5.74, 6) is -0.0607. The molecule has 6 nitrogen and oxygen atoms in total. The van der Waals surface area contributed by atoms with Crippen LogP contribution in [0.2, 0.25) is 0 Å². The average Bonchev–Trinajstić information content (AvgIpc) is 2.48. The molecule has 0 aliphatic carbocycles. The number of hydrogen-bond acceptors (Lipinski definition) is 5. The first-order valence-corrected chi connectivity index (χ1v) is 6.31. The number of hydrogen-bond donors (Lipinski definition) is 1. The van der Waals surface area contributed by atoms with E-state index in [1.54, 1.807) is 37.3 Å². The van der Waals surface area contributed by atoms with E-state index in [-0.39, 0.29) is 11.7 Å². The van der Waals surface area contributed by atoms with E-state index in [1.165, 1.54) is 12.3 Å². The summed E-state index contributed by atoms with van der Waals surface area (Å²) in [4.78, 5) is 26.4. The molecule has 1 aromatic carbocycles. The molecule has 1 amide bonds. The monoisotopic (exact) mass is 286 g/mol. The average molecular weight is 286 g/mol. The summed E-state index contributed by atoms with van der Waals surface area (Å²) in [6.07, 6.45) is 1.43. The van der Waals surface area contributed by atoms with E-state index in [0.29, 0.717) is 23.7 Å². The second-order valence-corrected chi connectivity index (χ2v) is 4.09. The zero-order valence-corrected chi connectivity index (χ0v) is 11.4. The number of aromatic nitrogens is 1. The minimum absolute atomic E-state index is 0.121. The van der Waals surface area contributed by atoms with Gasteiger partial charge in [-0.25, -0.2) is 4.79 Å². The fourth-order valence-electron chi connectivity index (χ4n) is 1.62. The molecule has 0 aliphatic heterocycles. The van der Waals surface area contributed by atoms with Crippen LogP contribution in [0.1, 0.15) is 27.8 Å². The van der Waals surface area contributed by atoms with Crippen molar-refractivity contribution in [2.24, 2.45) is 5.73 Å². The van der Waals surface area contributed by atoms with Crippen LogP contribution in [-0.2, 0) is 4.74 Å². The number of pyridine rings is 1. The van der Waals surface area contributed by atoms with Crippen LogP contribution in [-0.4, -0.2) is 23.5 Å². The predicted molar refractivity (Wildman–Crippen MR) is 75.2 cm³/mol. The lowest BCUT2D eigenvalue weighted by Gasteiger charge is -2.07. The molecule has 0 saturated carbocycles. The SMILES string of the molecule is CCOC(=O)c1ccc(Oc2ccnc(C(N)=O)c2)cc1. The molecule has 2 aromatic rings. The Kier molecular flexibility index (Phi) is 4.50. The number of amides is 1. The molecular formula is C15H14N2O4. The molecule has 0 spiro atoms. The van der Waals surface area contributed by atoms with Gasteiger partial charge in [0.25, 0.3) is 5.91 Å².